The van der Waals surface area contributed by atoms with Crippen molar-refractivity contribution in [1.82, 2.24) is 10.2 Å². The van der Waals surface area contributed by atoms with Crippen molar-refractivity contribution in [2.24, 2.45) is 17.8 Å². The van der Waals surface area contributed by atoms with E-state index in [1.54, 1.807) is 0 Å². The van der Waals surface area contributed by atoms with Gasteiger partial charge in [0.15, 0.2) is 0 Å². The Hall–Kier alpha value is -0.0800. The Morgan fingerprint density at radius 3 is 1.88 bits per heavy atom. The number of rotatable bonds is 8. The topological polar surface area (TPSA) is 15.3 Å². The molecule has 0 aliphatic rings. The molecular formula is C14H32N2. The summed E-state index contributed by atoms with van der Waals surface area (Å²) in [5.74, 6) is 2.21. The molecule has 0 spiro atoms. The van der Waals surface area contributed by atoms with Crippen LogP contribution in [0, 0.1) is 17.8 Å². The Balaban J connectivity index is 3.83. The lowest BCUT2D eigenvalue weighted by atomic mass is 10.0. The van der Waals surface area contributed by atoms with Gasteiger partial charge >= 0.3 is 0 Å². The maximum atomic E-state index is 3.55. The predicted octanol–water partition coefficient (Wildman–Crippen LogP) is 2.84. The molecule has 2 heteroatoms. The third-order valence-electron chi connectivity index (χ3n) is 3.19. The minimum atomic E-state index is 0.655. The predicted molar refractivity (Wildman–Crippen MR) is 73.8 cm³/mol. The number of nitrogens with zero attached hydrogens (tertiary/aromatic N) is 1. The smallest absolute Gasteiger partial charge is 0.0102 e. The fraction of sp³-hybridized carbons (Fsp3) is 1.00. The van der Waals surface area contributed by atoms with E-state index < -0.39 is 0 Å². The second kappa shape index (κ2) is 8.08. The molecular weight excluding hydrogens is 196 g/mol. The van der Waals surface area contributed by atoms with Crippen LogP contribution in [0.25, 0.3) is 0 Å². The zero-order chi connectivity index (χ0) is 12.7. The summed E-state index contributed by atoms with van der Waals surface area (Å²) in [6.45, 7) is 17.2. The molecule has 0 saturated carbocycles. The molecule has 2 unspecified atom stereocenters. The highest BCUT2D eigenvalue weighted by molar-refractivity contribution is 4.73. The SMILES string of the molecule is CC(C)CNCC(C)C(C)N(C)CC(C)C. The fourth-order valence-electron chi connectivity index (χ4n) is 1.95. The van der Waals surface area contributed by atoms with Crippen molar-refractivity contribution < 1.29 is 0 Å². The van der Waals surface area contributed by atoms with Crippen LogP contribution >= 0.6 is 0 Å². The molecule has 0 aromatic rings. The highest BCUT2D eigenvalue weighted by Crippen LogP contribution is 2.10. The summed E-state index contributed by atoms with van der Waals surface area (Å²) in [4.78, 5) is 2.48. The molecule has 98 valence electrons. The van der Waals surface area contributed by atoms with Gasteiger partial charge in [0.1, 0.15) is 0 Å². The second-order valence-corrected chi connectivity index (χ2v) is 6.10. The minimum Gasteiger partial charge on any atom is -0.316 e. The molecule has 0 bridgehead atoms. The zero-order valence-corrected chi connectivity index (χ0v) is 12.4. The minimum absolute atomic E-state index is 0.655. The molecule has 2 nitrogen and oxygen atoms in total. The number of nitrogens with one attached hydrogen (secondary N) is 1. The van der Waals surface area contributed by atoms with Crippen LogP contribution < -0.4 is 5.32 Å². The summed E-state index contributed by atoms with van der Waals surface area (Å²) >= 11 is 0. The van der Waals surface area contributed by atoms with E-state index in [2.05, 4.69) is 58.8 Å². The third-order valence-corrected chi connectivity index (χ3v) is 3.19. The maximum Gasteiger partial charge on any atom is 0.0102 e. The third kappa shape index (κ3) is 7.24. The number of hydrogen-bond donors (Lipinski definition) is 1. The Labute approximate surface area is 103 Å². The van der Waals surface area contributed by atoms with Crippen molar-refractivity contribution >= 4 is 0 Å². The first-order valence-electron chi connectivity index (χ1n) is 6.75. The molecule has 0 saturated heterocycles. The van der Waals surface area contributed by atoms with Crippen LogP contribution in [0.5, 0.6) is 0 Å². The molecule has 0 aromatic heterocycles. The van der Waals surface area contributed by atoms with Crippen molar-refractivity contribution in [3.05, 3.63) is 0 Å². The molecule has 16 heavy (non-hydrogen) atoms. The summed E-state index contributed by atoms with van der Waals surface area (Å²) in [6.07, 6.45) is 0. The van der Waals surface area contributed by atoms with Gasteiger partial charge in [-0.25, -0.2) is 0 Å². The molecule has 0 heterocycles. The Bertz CT molecular complexity index is 166. The molecule has 1 N–H and O–H groups in total. The molecule has 0 amide bonds. The largest absolute Gasteiger partial charge is 0.316 e. The van der Waals surface area contributed by atoms with Crippen LogP contribution in [0.2, 0.25) is 0 Å². The van der Waals surface area contributed by atoms with E-state index >= 15 is 0 Å². The van der Waals surface area contributed by atoms with Gasteiger partial charge < -0.3 is 10.2 Å². The van der Waals surface area contributed by atoms with E-state index in [-0.39, 0.29) is 0 Å². The summed E-state index contributed by atoms with van der Waals surface area (Å²) in [5.41, 5.74) is 0. The van der Waals surface area contributed by atoms with E-state index in [1.165, 1.54) is 6.54 Å². The molecule has 0 radical (unpaired) electrons. The molecule has 0 rings (SSSR count). The van der Waals surface area contributed by atoms with Gasteiger partial charge in [-0.15, -0.1) is 0 Å². The van der Waals surface area contributed by atoms with E-state index in [9.17, 15) is 0 Å². The Morgan fingerprint density at radius 1 is 0.875 bits per heavy atom. The van der Waals surface area contributed by atoms with Crippen LogP contribution in [-0.2, 0) is 0 Å². The summed E-state index contributed by atoms with van der Waals surface area (Å²) in [7, 11) is 2.24. The van der Waals surface area contributed by atoms with E-state index in [4.69, 9.17) is 0 Å². The first-order chi connectivity index (χ1) is 7.34. The van der Waals surface area contributed by atoms with Gasteiger partial charge in [0.05, 0.1) is 0 Å². The maximum absolute atomic E-state index is 3.55. The summed E-state index contributed by atoms with van der Waals surface area (Å²) in [5, 5.41) is 3.55. The van der Waals surface area contributed by atoms with Crippen LogP contribution in [0.4, 0.5) is 0 Å². The summed E-state index contributed by atoms with van der Waals surface area (Å²) < 4.78 is 0. The quantitative estimate of drug-likeness (QED) is 0.687. The van der Waals surface area contributed by atoms with Crippen LogP contribution in [-0.4, -0.2) is 37.6 Å². The van der Waals surface area contributed by atoms with Gasteiger partial charge in [-0.05, 0) is 44.8 Å². The first-order valence-corrected chi connectivity index (χ1v) is 6.75. The lowest BCUT2D eigenvalue weighted by Gasteiger charge is -2.31. The van der Waals surface area contributed by atoms with Crippen LogP contribution in [0.1, 0.15) is 41.5 Å². The highest BCUT2D eigenvalue weighted by Gasteiger charge is 2.17. The van der Waals surface area contributed by atoms with E-state index in [0.717, 1.165) is 24.9 Å². The highest BCUT2D eigenvalue weighted by atomic mass is 15.1. The zero-order valence-electron chi connectivity index (χ0n) is 12.4. The van der Waals surface area contributed by atoms with Gasteiger partial charge in [0, 0.05) is 12.6 Å². The van der Waals surface area contributed by atoms with Gasteiger partial charge in [0.2, 0.25) is 0 Å². The lowest BCUT2D eigenvalue weighted by molar-refractivity contribution is 0.177. The van der Waals surface area contributed by atoms with Gasteiger partial charge in [-0.1, -0.05) is 34.6 Å². The normalized spacial score (nSPS) is 16.1. The molecule has 2 atom stereocenters. The fourth-order valence-corrected chi connectivity index (χ4v) is 1.95. The van der Waals surface area contributed by atoms with Crippen molar-refractivity contribution in [2.45, 2.75) is 47.6 Å². The molecule has 0 fully saturated rings. The van der Waals surface area contributed by atoms with Crippen molar-refractivity contribution in [3.63, 3.8) is 0 Å². The lowest BCUT2D eigenvalue weighted by Crippen LogP contribution is -2.41. The van der Waals surface area contributed by atoms with Crippen LogP contribution in [0.3, 0.4) is 0 Å². The van der Waals surface area contributed by atoms with Gasteiger partial charge in [0.25, 0.3) is 0 Å². The van der Waals surface area contributed by atoms with Gasteiger partial charge in [-0.3, -0.25) is 0 Å². The van der Waals surface area contributed by atoms with Crippen LogP contribution in [0.15, 0.2) is 0 Å². The monoisotopic (exact) mass is 228 g/mol. The summed E-state index contributed by atoms with van der Waals surface area (Å²) in [6, 6.07) is 0.655. The van der Waals surface area contributed by atoms with Crippen molar-refractivity contribution in [1.29, 1.82) is 0 Å². The standard InChI is InChI=1S/C14H32N2/c1-11(2)8-15-9-13(5)14(6)16(7)10-12(3)4/h11-15H,8-10H2,1-7H3. The molecule has 0 aliphatic carbocycles. The molecule has 0 aromatic carbocycles. The van der Waals surface area contributed by atoms with E-state index in [1.807, 2.05) is 0 Å². The van der Waals surface area contributed by atoms with Gasteiger partial charge in [-0.2, -0.15) is 0 Å². The Morgan fingerprint density at radius 2 is 1.44 bits per heavy atom. The average molecular weight is 228 g/mol. The number of hydrogen-bond acceptors (Lipinski definition) is 2. The van der Waals surface area contributed by atoms with E-state index in [0.29, 0.717) is 12.0 Å². The second-order valence-electron chi connectivity index (χ2n) is 6.10. The first kappa shape index (κ1) is 15.9. The van der Waals surface area contributed by atoms with Crippen molar-refractivity contribution in [3.8, 4) is 0 Å². The Kier molecular flexibility index (Phi) is 8.04. The molecule has 0 aliphatic heterocycles. The van der Waals surface area contributed by atoms with Crippen molar-refractivity contribution in [2.75, 3.05) is 26.7 Å². The average Bonchev–Trinajstić information content (AvgIpc) is 2.14.